The van der Waals surface area contributed by atoms with Crippen molar-refractivity contribution in [3.8, 4) is 17.2 Å². The lowest BCUT2D eigenvalue weighted by atomic mass is 10.1. The summed E-state index contributed by atoms with van der Waals surface area (Å²) in [5.74, 6) is 0.459. The standard InChI is InChI=1S/C20H26N2O6S/c1-6-22(7-2)29(24,25)14-11-12-16(26-3)15(13-14)21-20(23)19-17(27-4)9-8-10-18(19)28-5/h8-13H,6-7H2,1-5H3,(H,21,23). The minimum absolute atomic E-state index is 0.0595. The first-order valence-electron chi connectivity index (χ1n) is 9.04. The predicted molar refractivity (Wildman–Crippen MR) is 111 cm³/mol. The Balaban J connectivity index is 2.50. The van der Waals surface area contributed by atoms with Gasteiger partial charge in [-0.05, 0) is 30.3 Å². The summed E-state index contributed by atoms with van der Waals surface area (Å²) in [5.41, 5.74) is 0.412. The number of amides is 1. The Bertz CT molecular complexity index is 949. The van der Waals surface area contributed by atoms with E-state index in [-0.39, 0.29) is 16.1 Å². The van der Waals surface area contributed by atoms with E-state index < -0.39 is 15.9 Å². The lowest BCUT2D eigenvalue weighted by Gasteiger charge is -2.20. The van der Waals surface area contributed by atoms with Crippen molar-refractivity contribution in [1.82, 2.24) is 4.31 Å². The maximum atomic E-state index is 13.0. The van der Waals surface area contributed by atoms with E-state index in [9.17, 15) is 13.2 Å². The minimum Gasteiger partial charge on any atom is -0.496 e. The van der Waals surface area contributed by atoms with E-state index in [1.165, 1.54) is 43.8 Å². The van der Waals surface area contributed by atoms with Gasteiger partial charge in [-0.15, -0.1) is 0 Å². The smallest absolute Gasteiger partial charge is 0.263 e. The Labute approximate surface area is 171 Å². The quantitative estimate of drug-likeness (QED) is 0.668. The van der Waals surface area contributed by atoms with Crippen LogP contribution in [0.25, 0.3) is 0 Å². The highest BCUT2D eigenvalue weighted by Gasteiger charge is 2.24. The molecule has 0 spiro atoms. The Morgan fingerprint density at radius 2 is 1.48 bits per heavy atom. The molecule has 0 aromatic heterocycles. The molecule has 0 atom stereocenters. The second-order valence-electron chi connectivity index (χ2n) is 5.94. The molecule has 0 bridgehead atoms. The van der Waals surface area contributed by atoms with Gasteiger partial charge in [0.15, 0.2) is 0 Å². The van der Waals surface area contributed by atoms with Gasteiger partial charge >= 0.3 is 0 Å². The number of ether oxygens (including phenoxy) is 3. The van der Waals surface area contributed by atoms with Crippen LogP contribution in [0.5, 0.6) is 17.2 Å². The summed E-state index contributed by atoms with van der Waals surface area (Å²) in [6.07, 6.45) is 0. The number of benzene rings is 2. The normalized spacial score (nSPS) is 11.2. The number of methoxy groups -OCH3 is 3. The van der Waals surface area contributed by atoms with Crippen molar-refractivity contribution < 1.29 is 27.4 Å². The topological polar surface area (TPSA) is 94.2 Å². The molecule has 2 aromatic carbocycles. The Morgan fingerprint density at radius 1 is 0.931 bits per heavy atom. The molecule has 0 aliphatic carbocycles. The third-order valence-electron chi connectivity index (χ3n) is 4.42. The Hall–Kier alpha value is -2.78. The summed E-state index contributed by atoms with van der Waals surface area (Å²) in [6.45, 7) is 4.21. The first-order valence-corrected chi connectivity index (χ1v) is 10.5. The fourth-order valence-corrected chi connectivity index (χ4v) is 4.40. The molecule has 1 N–H and O–H groups in total. The Kier molecular flexibility index (Phi) is 7.46. The van der Waals surface area contributed by atoms with Gasteiger partial charge in [-0.1, -0.05) is 19.9 Å². The number of carbonyl (C=O) groups excluding carboxylic acids is 1. The maximum absolute atomic E-state index is 13.0. The van der Waals surface area contributed by atoms with Gasteiger partial charge in [0.2, 0.25) is 10.0 Å². The lowest BCUT2D eigenvalue weighted by molar-refractivity contribution is 0.102. The van der Waals surface area contributed by atoms with Crippen LogP contribution in [-0.4, -0.2) is 53.0 Å². The van der Waals surface area contributed by atoms with Crippen molar-refractivity contribution in [2.75, 3.05) is 39.7 Å². The summed E-state index contributed by atoms with van der Waals surface area (Å²) in [5, 5.41) is 2.71. The molecule has 158 valence electrons. The van der Waals surface area contributed by atoms with E-state index in [1.54, 1.807) is 32.0 Å². The zero-order valence-corrected chi connectivity index (χ0v) is 18.0. The van der Waals surface area contributed by atoms with Gasteiger partial charge in [-0.25, -0.2) is 8.42 Å². The largest absolute Gasteiger partial charge is 0.496 e. The maximum Gasteiger partial charge on any atom is 0.263 e. The van der Waals surface area contributed by atoms with Crippen molar-refractivity contribution in [3.63, 3.8) is 0 Å². The van der Waals surface area contributed by atoms with E-state index in [4.69, 9.17) is 14.2 Å². The van der Waals surface area contributed by atoms with Crippen molar-refractivity contribution in [2.45, 2.75) is 18.7 Å². The van der Waals surface area contributed by atoms with E-state index in [2.05, 4.69) is 5.32 Å². The van der Waals surface area contributed by atoms with Crippen molar-refractivity contribution in [1.29, 1.82) is 0 Å². The third kappa shape index (κ3) is 4.63. The van der Waals surface area contributed by atoms with Crippen molar-refractivity contribution in [2.24, 2.45) is 0 Å². The number of rotatable bonds is 9. The number of sulfonamides is 1. The first kappa shape index (κ1) is 22.5. The van der Waals surface area contributed by atoms with Gasteiger partial charge in [0.05, 0.1) is 31.9 Å². The molecule has 9 heteroatoms. The molecule has 0 aliphatic rings. The molecule has 2 aromatic rings. The fourth-order valence-electron chi connectivity index (χ4n) is 2.92. The second-order valence-corrected chi connectivity index (χ2v) is 7.88. The number of hydrogen-bond acceptors (Lipinski definition) is 6. The predicted octanol–water partition coefficient (Wildman–Crippen LogP) is 3.00. The SMILES string of the molecule is CCN(CC)S(=O)(=O)c1ccc(OC)c(NC(=O)c2c(OC)cccc2OC)c1. The van der Waals surface area contributed by atoms with Gasteiger partial charge < -0.3 is 19.5 Å². The van der Waals surface area contributed by atoms with Crippen molar-refractivity contribution in [3.05, 3.63) is 42.0 Å². The lowest BCUT2D eigenvalue weighted by Crippen LogP contribution is -2.30. The summed E-state index contributed by atoms with van der Waals surface area (Å²) >= 11 is 0. The minimum atomic E-state index is -3.70. The third-order valence-corrected chi connectivity index (χ3v) is 6.46. The van der Waals surface area contributed by atoms with Gasteiger partial charge in [0.25, 0.3) is 5.91 Å². The second kappa shape index (κ2) is 9.62. The van der Waals surface area contributed by atoms with Crippen LogP contribution in [0.1, 0.15) is 24.2 Å². The molecule has 1 amide bonds. The zero-order valence-electron chi connectivity index (χ0n) is 17.2. The summed E-state index contributed by atoms with van der Waals surface area (Å²) in [6, 6.07) is 9.31. The molecule has 0 heterocycles. The highest BCUT2D eigenvalue weighted by Crippen LogP contribution is 2.32. The number of nitrogens with zero attached hydrogens (tertiary/aromatic N) is 1. The molecule has 0 fully saturated rings. The molecular weight excluding hydrogens is 396 g/mol. The highest BCUT2D eigenvalue weighted by atomic mass is 32.2. The number of hydrogen-bond donors (Lipinski definition) is 1. The van der Waals surface area contributed by atoms with E-state index in [0.29, 0.717) is 30.3 Å². The van der Waals surface area contributed by atoms with Crippen LogP contribution in [0.15, 0.2) is 41.3 Å². The number of anilines is 1. The van der Waals surface area contributed by atoms with E-state index >= 15 is 0 Å². The van der Waals surface area contributed by atoms with Crippen LogP contribution < -0.4 is 19.5 Å². The number of nitrogens with one attached hydrogen (secondary N) is 1. The molecule has 2 rings (SSSR count). The van der Waals surface area contributed by atoms with E-state index in [1.807, 2.05) is 0 Å². The molecule has 0 unspecified atom stereocenters. The molecule has 0 saturated carbocycles. The summed E-state index contributed by atoms with van der Waals surface area (Å²) in [7, 11) is 0.636. The number of carbonyl (C=O) groups is 1. The van der Waals surface area contributed by atoms with Crippen LogP contribution in [-0.2, 0) is 10.0 Å². The molecule has 8 nitrogen and oxygen atoms in total. The summed E-state index contributed by atoms with van der Waals surface area (Å²) < 4.78 is 42.8. The van der Waals surface area contributed by atoms with Crippen LogP contribution in [0, 0.1) is 0 Å². The fraction of sp³-hybridized carbons (Fsp3) is 0.350. The molecule has 29 heavy (non-hydrogen) atoms. The summed E-state index contributed by atoms with van der Waals surface area (Å²) in [4.78, 5) is 13.0. The molecule has 0 radical (unpaired) electrons. The van der Waals surface area contributed by atoms with Crippen LogP contribution in [0.2, 0.25) is 0 Å². The average molecular weight is 423 g/mol. The molecule has 0 aliphatic heterocycles. The zero-order chi connectivity index (χ0) is 21.6. The van der Waals surface area contributed by atoms with Gasteiger partial charge in [-0.3, -0.25) is 4.79 Å². The Morgan fingerprint density at radius 3 is 1.97 bits per heavy atom. The average Bonchev–Trinajstić information content (AvgIpc) is 2.73. The first-order chi connectivity index (χ1) is 13.8. The van der Waals surface area contributed by atoms with Gasteiger partial charge in [-0.2, -0.15) is 4.31 Å². The van der Waals surface area contributed by atoms with Gasteiger partial charge in [0, 0.05) is 13.1 Å². The highest BCUT2D eigenvalue weighted by molar-refractivity contribution is 7.89. The monoisotopic (exact) mass is 422 g/mol. The van der Waals surface area contributed by atoms with Gasteiger partial charge in [0.1, 0.15) is 22.8 Å². The van der Waals surface area contributed by atoms with E-state index in [0.717, 1.165) is 0 Å². The molecular formula is C20H26N2O6S. The molecule has 0 saturated heterocycles. The van der Waals surface area contributed by atoms with Crippen LogP contribution in [0.4, 0.5) is 5.69 Å². The van der Waals surface area contributed by atoms with Crippen molar-refractivity contribution >= 4 is 21.6 Å². The van der Waals surface area contributed by atoms with Crippen LogP contribution >= 0.6 is 0 Å². The van der Waals surface area contributed by atoms with Crippen LogP contribution in [0.3, 0.4) is 0 Å².